The quantitative estimate of drug-likeness (QED) is 0.811. The molecule has 1 spiro atoms. The van der Waals surface area contributed by atoms with E-state index in [1.807, 2.05) is 11.0 Å². The highest BCUT2D eigenvalue weighted by molar-refractivity contribution is 5.92. The number of carbonyl (C=O) groups is 2. The van der Waals surface area contributed by atoms with Crippen molar-refractivity contribution in [1.29, 1.82) is 0 Å². The molecule has 1 unspecified atom stereocenters. The highest BCUT2D eigenvalue weighted by Gasteiger charge is 2.41. The van der Waals surface area contributed by atoms with E-state index in [2.05, 4.69) is 22.5 Å². The van der Waals surface area contributed by atoms with Crippen LogP contribution >= 0.6 is 0 Å². The highest BCUT2D eigenvalue weighted by atomic mass is 16.5. The van der Waals surface area contributed by atoms with E-state index in [0.29, 0.717) is 24.1 Å². The van der Waals surface area contributed by atoms with E-state index in [0.717, 1.165) is 58.2 Å². The first kappa shape index (κ1) is 19.1. The molecule has 3 heterocycles. The van der Waals surface area contributed by atoms with Gasteiger partial charge in [0.05, 0.1) is 5.60 Å². The van der Waals surface area contributed by atoms with Crippen molar-refractivity contribution < 1.29 is 14.3 Å². The first-order valence-corrected chi connectivity index (χ1v) is 10.4. The number of ether oxygens (including phenoxy) is 1. The topological polar surface area (TPSA) is 71.5 Å². The number of hydrogen-bond acceptors (Lipinski definition) is 4. The van der Waals surface area contributed by atoms with Crippen molar-refractivity contribution in [3.63, 3.8) is 0 Å². The van der Waals surface area contributed by atoms with Crippen LogP contribution in [0.2, 0.25) is 0 Å². The van der Waals surface area contributed by atoms with Gasteiger partial charge < -0.3 is 15.0 Å². The molecule has 1 atom stereocenters. The minimum atomic E-state index is -0.136. The predicted octanol–water partition coefficient (Wildman–Crippen LogP) is 2.57. The lowest BCUT2D eigenvalue weighted by molar-refractivity contribution is -0.149. The summed E-state index contributed by atoms with van der Waals surface area (Å²) < 4.78 is 6.21. The zero-order chi connectivity index (χ0) is 19.4. The summed E-state index contributed by atoms with van der Waals surface area (Å²) in [5.74, 6) is 0.736. The molecule has 1 aromatic heterocycles. The summed E-state index contributed by atoms with van der Waals surface area (Å²) in [5, 5.41) is 3.03. The predicted molar refractivity (Wildman–Crippen MR) is 106 cm³/mol. The second-order valence-electron chi connectivity index (χ2n) is 8.28. The van der Waals surface area contributed by atoms with Gasteiger partial charge >= 0.3 is 0 Å². The molecular formula is C22H29N3O3. The zero-order valence-electron chi connectivity index (χ0n) is 16.3. The van der Waals surface area contributed by atoms with Crippen molar-refractivity contribution in [2.24, 2.45) is 11.8 Å². The molecule has 0 aromatic carbocycles. The van der Waals surface area contributed by atoms with Gasteiger partial charge in [-0.3, -0.25) is 14.6 Å². The molecule has 1 aliphatic carbocycles. The fourth-order valence-electron chi connectivity index (χ4n) is 4.69. The van der Waals surface area contributed by atoms with Gasteiger partial charge in [0.2, 0.25) is 5.91 Å². The number of nitrogens with one attached hydrogen (secondary N) is 1. The number of carbonyl (C=O) groups excluding carboxylic acids is 2. The Morgan fingerprint density at radius 2 is 2.00 bits per heavy atom. The van der Waals surface area contributed by atoms with Gasteiger partial charge in [-0.2, -0.15) is 0 Å². The number of amides is 2. The summed E-state index contributed by atoms with van der Waals surface area (Å²) in [6, 6.07) is 5.36. The maximum absolute atomic E-state index is 12.6. The molecule has 6 nitrogen and oxygen atoms in total. The average molecular weight is 383 g/mol. The zero-order valence-corrected chi connectivity index (χ0v) is 16.3. The lowest BCUT2D eigenvalue weighted by Gasteiger charge is -2.46. The Kier molecular flexibility index (Phi) is 5.76. The van der Waals surface area contributed by atoms with Gasteiger partial charge in [-0.05, 0) is 56.6 Å². The molecule has 150 valence electrons. The third-order valence-electron chi connectivity index (χ3n) is 6.39. The van der Waals surface area contributed by atoms with Crippen molar-refractivity contribution in [2.75, 3.05) is 26.2 Å². The molecule has 1 aromatic rings. The van der Waals surface area contributed by atoms with Crippen molar-refractivity contribution in [3.8, 4) is 0 Å². The van der Waals surface area contributed by atoms with E-state index in [9.17, 15) is 9.59 Å². The summed E-state index contributed by atoms with van der Waals surface area (Å²) in [4.78, 5) is 31.0. The fourth-order valence-corrected chi connectivity index (χ4v) is 4.69. The van der Waals surface area contributed by atoms with Gasteiger partial charge in [0.1, 0.15) is 5.69 Å². The molecule has 2 aliphatic heterocycles. The van der Waals surface area contributed by atoms with Gasteiger partial charge in [-0.1, -0.05) is 18.2 Å². The van der Waals surface area contributed by atoms with Crippen LogP contribution in [0.25, 0.3) is 0 Å². The largest absolute Gasteiger partial charge is 0.375 e. The van der Waals surface area contributed by atoms with E-state index >= 15 is 0 Å². The van der Waals surface area contributed by atoms with Crippen LogP contribution in [0.4, 0.5) is 0 Å². The fraction of sp³-hybridized carbons (Fsp3) is 0.591. The third-order valence-corrected chi connectivity index (χ3v) is 6.39. The Morgan fingerprint density at radius 3 is 2.71 bits per heavy atom. The number of allylic oxidation sites excluding steroid dienone is 2. The van der Waals surface area contributed by atoms with Crippen molar-refractivity contribution in [2.45, 2.75) is 44.1 Å². The van der Waals surface area contributed by atoms with E-state index in [4.69, 9.17) is 4.74 Å². The van der Waals surface area contributed by atoms with Crippen molar-refractivity contribution in [1.82, 2.24) is 15.2 Å². The molecule has 0 saturated carbocycles. The Hall–Kier alpha value is -2.21. The number of piperidine rings is 1. The molecule has 3 aliphatic rings. The molecule has 2 saturated heterocycles. The first-order valence-electron chi connectivity index (χ1n) is 10.4. The average Bonchev–Trinajstić information content (AvgIpc) is 3.28. The van der Waals surface area contributed by atoms with Gasteiger partial charge in [0, 0.05) is 38.4 Å². The summed E-state index contributed by atoms with van der Waals surface area (Å²) in [6.07, 6.45) is 11.3. The summed E-state index contributed by atoms with van der Waals surface area (Å²) in [6.45, 7) is 2.94. The van der Waals surface area contributed by atoms with Crippen LogP contribution in [0.5, 0.6) is 0 Å². The third kappa shape index (κ3) is 4.27. The number of likely N-dealkylation sites (tertiary alicyclic amines) is 1. The van der Waals surface area contributed by atoms with Gasteiger partial charge in [-0.15, -0.1) is 0 Å². The Labute approximate surface area is 166 Å². The monoisotopic (exact) mass is 383 g/mol. The van der Waals surface area contributed by atoms with E-state index in [1.165, 1.54) is 0 Å². The molecule has 4 rings (SSSR count). The molecule has 6 heteroatoms. The smallest absolute Gasteiger partial charge is 0.269 e. The first-order chi connectivity index (χ1) is 13.7. The number of aromatic nitrogens is 1. The number of nitrogens with zero attached hydrogens (tertiary/aromatic N) is 2. The number of hydrogen-bond donors (Lipinski definition) is 1. The molecule has 2 fully saturated rings. The molecule has 0 radical (unpaired) electrons. The van der Waals surface area contributed by atoms with Crippen LogP contribution in [0.1, 0.15) is 49.0 Å². The summed E-state index contributed by atoms with van der Waals surface area (Å²) >= 11 is 0. The molecule has 2 amide bonds. The summed E-state index contributed by atoms with van der Waals surface area (Å²) in [7, 11) is 0. The molecule has 0 bridgehead atoms. The van der Waals surface area contributed by atoms with Crippen molar-refractivity contribution in [3.05, 3.63) is 42.2 Å². The standard InChI is InChI=1S/C22H29N3O3/c26-20(19-7-3-4-11-23-19)24-16-17-8-14-28-22(15-17)9-12-25(13-10-22)21(27)18-5-1-2-6-18/h1-4,7,11,17-18H,5-6,8-10,12-16H2,(H,24,26). The molecule has 28 heavy (non-hydrogen) atoms. The SMILES string of the molecule is O=C(NCC1CCOC2(CCN(C(=O)C3CC=CC3)CC2)C1)c1ccccn1. The van der Waals surface area contributed by atoms with Crippen LogP contribution in [0.15, 0.2) is 36.5 Å². The molecular weight excluding hydrogens is 354 g/mol. The van der Waals surface area contributed by atoms with Crippen LogP contribution in [0, 0.1) is 11.8 Å². The maximum atomic E-state index is 12.6. The second-order valence-corrected chi connectivity index (χ2v) is 8.28. The van der Waals surface area contributed by atoms with Gasteiger partial charge in [0.25, 0.3) is 5.91 Å². The van der Waals surface area contributed by atoms with E-state index in [-0.39, 0.29) is 17.4 Å². The minimum absolute atomic E-state index is 0.119. The molecule has 1 N–H and O–H groups in total. The lowest BCUT2D eigenvalue weighted by Crippen LogP contribution is -2.52. The normalized spacial score (nSPS) is 24.4. The van der Waals surface area contributed by atoms with Crippen LogP contribution < -0.4 is 5.32 Å². The lowest BCUT2D eigenvalue weighted by atomic mass is 9.79. The summed E-state index contributed by atoms with van der Waals surface area (Å²) in [5.41, 5.74) is 0.320. The Balaban J connectivity index is 1.27. The maximum Gasteiger partial charge on any atom is 0.269 e. The van der Waals surface area contributed by atoms with Crippen molar-refractivity contribution >= 4 is 11.8 Å². The number of rotatable bonds is 4. The second kappa shape index (κ2) is 8.43. The van der Waals surface area contributed by atoms with Crippen LogP contribution in [-0.2, 0) is 9.53 Å². The van der Waals surface area contributed by atoms with E-state index < -0.39 is 0 Å². The van der Waals surface area contributed by atoms with Gasteiger partial charge in [-0.25, -0.2) is 0 Å². The minimum Gasteiger partial charge on any atom is -0.375 e. The highest BCUT2D eigenvalue weighted by Crippen LogP contribution is 2.38. The number of pyridine rings is 1. The Morgan fingerprint density at radius 1 is 1.21 bits per heavy atom. The Bertz CT molecular complexity index is 718. The van der Waals surface area contributed by atoms with Crippen LogP contribution in [0.3, 0.4) is 0 Å². The van der Waals surface area contributed by atoms with E-state index in [1.54, 1.807) is 18.3 Å². The van der Waals surface area contributed by atoms with Crippen LogP contribution in [-0.4, -0.2) is 53.5 Å². The van der Waals surface area contributed by atoms with Gasteiger partial charge in [0.15, 0.2) is 0 Å².